The predicted octanol–water partition coefficient (Wildman–Crippen LogP) is 11.8. The van der Waals surface area contributed by atoms with Gasteiger partial charge in [-0.25, -0.2) is 0 Å². The van der Waals surface area contributed by atoms with Gasteiger partial charge in [0.25, 0.3) is 0 Å². The van der Waals surface area contributed by atoms with Gasteiger partial charge in [-0.2, -0.15) is 5.26 Å². The average molecular weight is 601 g/mol. The highest BCUT2D eigenvalue weighted by Gasteiger charge is 2.23. The first-order valence-electron chi connectivity index (χ1n) is 15.7. The molecular formula is C43H24N2O2. The smallest absolute Gasteiger partial charge is 0.159 e. The molecule has 3 heterocycles. The normalized spacial score (nSPS) is 11.8. The van der Waals surface area contributed by atoms with Crippen LogP contribution in [-0.4, -0.2) is 4.57 Å². The Hall–Kier alpha value is -6.57. The molecule has 0 spiro atoms. The number of fused-ring (bicyclic) bond motifs is 9. The highest BCUT2D eigenvalue weighted by Crippen LogP contribution is 2.45. The van der Waals surface area contributed by atoms with Gasteiger partial charge in [-0.05, 0) is 58.7 Å². The molecule has 10 aromatic rings. The second-order valence-corrected chi connectivity index (χ2v) is 12.0. The Bertz CT molecular complexity index is 2920. The van der Waals surface area contributed by atoms with Gasteiger partial charge in [0, 0.05) is 32.3 Å². The second kappa shape index (κ2) is 9.71. The van der Waals surface area contributed by atoms with Crippen molar-refractivity contribution in [2.75, 3.05) is 0 Å². The summed E-state index contributed by atoms with van der Waals surface area (Å²) in [6.45, 7) is 0. The minimum Gasteiger partial charge on any atom is -0.456 e. The number of nitriles is 1. The number of hydrogen-bond acceptors (Lipinski definition) is 3. The summed E-state index contributed by atoms with van der Waals surface area (Å²) in [4.78, 5) is 0. The third-order valence-corrected chi connectivity index (χ3v) is 9.46. The molecule has 0 fully saturated rings. The minimum absolute atomic E-state index is 0.503. The summed E-state index contributed by atoms with van der Waals surface area (Å²) in [6.07, 6.45) is 0. The molecule has 0 N–H and O–H groups in total. The lowest BCUT2D eigenvalue weighted by molar-refractivity contribution is 0.665. The molecule has 3 aromatic heterocycles. The average Bonchev–Trinajstić information content (AvgIpc) is 3.81. The highest BCUT2D eigenvalue weighted by atomic mass is 16.3. The van der Waals surface area contributed by atoms with E-state index in [9.17, 15) is 5.26 Å². The van der Waals surface area contributed by atoms with Crippen LogP contribution < -0.4 is 0 Å². The largest absolute Gasteiger partial charge is 0.456 e. The van der Waals surface area contributed by atoms with Gasteiger partial charge in [-0.15, -0.1) is 0 Å². The molecule has 0 unspecified atom stereocenters. The summed E-state index contributed by atoms with van der Waals surface area (Å²) in [6, 6.07) is 52.6. The number of rotatable bonds is 3. The van der Waals surface area contributed by atoms with E-state index in [1.54, 1.807) is 0 Å². The molecule has 4 heteroatoms. The monoisotopic (exact) mass is 600 g/mol. The first-order valence-corrected chi connectivity index (χ1v) is 15.7. The van der Waals surface area contributed by atoms with E-state index in [-0.39, 0.29) is 0 Å². The number of nitrogens with zero attached hydrogens (tertiary/aromatic N) is 2. The van der Waals surface area contributed by atoms with Gasteiger partial charge in [0.05, 0.1) is 22.3 Å². The van der Waals surface area contributed by atoms with Gasteiger partial charge in [0.1, 0.15) is 17.2 Å². The van der Waals surface area contributed by atoms with E-state index in [2.05, 4.69) is 108 Å². The van der Waals surface area contributed by atoms with E-state index in [1.807, 2.05) is 48.5 Å². The third kappa shape index (κ3) is 3.63. The van der Waals surface area contributed by atoms with Crippen molar-refractivity contribution in [1.29, 1.82) is 5.26 Å². The lowest BCUT2D eigenvalue weighted by Gasteiger charge is -2.10. The second-order valence-electron chi connectivity index (χ2n) is 12.0. The Kier molecular flexibility index (Phi) is 5.32. The minimum atomic E-state index is 0.503. The van der Waals surface area contributed by atoms with Crippen LogP contribution in [0.2, 0.25) is 0 Å². The van der Waals surface area contributed by atoms with Crippen LogP contribution in [0.1, 0.15) is 5.56 Å². The summed E-state index contributed by atoms with van der Waals surface area (Å²) in [5.41, 5.74) is 11.0. The summed E-state index contributed by atoms with van der Waals surface area (Å²) >= 11 is 0. The fourth-order valence-corrected chi connectivity index (χ4v) is 7.42. The molecular weight excluding hydrogens is 576 g/mol. The number of furan rings is 2. The van der Waals surface area contributed by atoms with Gasteiger partial charge in [-0.3, -0.25) is 0 Å². The van der Waals surface area contributed by atoms with E-state index < -0.39 is 0 Å². The Balaban J connectivity index is 1.31. The van der Waals surface area contributed by atoms with Crippen LogP contribution in [0.3, 0.4) is 0 Å². The predicted molar refractivity (Wildman–Crippen MR) is 191 cm³/mol. The van der Waals surface area contributed by atoms with Crippen molar-refractivity contribution < 1.29 is 8.83 Å². The molecule has 47 heavy (non-hydrogen) atoms. The first-order chi connectivity index (χ1) is 23.3. The maximum absolute atomic E-state index is 10.2. The standard InChI is InChI=1S/C43H24N2O2/c44-25-28-21-23-32(31-14-9-19-39-40(31)33-13-5-7-18-38(33)46-39)41-34-15-8-17-36(43(34)47-42(28)41)45-35-16-6-4-12-29(35)30-22-20-27(24-37(30)45)26-10-2-1-3-11-26/h1-24H. The quantitative estimate of drug-likeness (QED) is 0.203. The molecule has 0 radical (unpaired) electrons. The molecule has 0 aliphatic carbocycles. The lowest BCUT2D eigenvalue weighted by Crippen LogP contribution is -1.94. The topological polar surface area (TPSA) is 55.0 Å². The molecule has 0 amide bonds. The van der Waals surface area contributed by atoms with Crippen molar-refractivity contribution in [3.05, 3.63) is 151 Å². The van der Waals surface area contributed by atoms with Crippen LogP contribution in [-0.2, 0) is 0 Å². The highest BCUT2D eigenvalue weighted by molar-refractivity contribution is 6.21. The number of hydrogen-bond donors (Lipinski definition) is 0. The fraction of sp³-hybridized carbons (Fsp3) is 0. The molecule has 218 valence electrons. The van der Waals surface area contributed by atoms with Gasteiger partial charge >= 0.3 is 0 Å². The zero-order valence-electron chi connectivity index (χ0n) is 25.1. The Morgan fingerprint density at radius 1 is 0.468 bits per heavy atom. The first kappa shape index (κ1) is 25.7. The van der Waals surface area contributed by atoms with E-state index >= 15 is 0 Å². The van der Waals surface area contributed by atoms with E-state index in [0.29, 0.717) is 11.1 Å². The van der Waals surface area contributed by atoms with E-state index in [1.165, 1.54) is 10.8 Å². The van der Waals surface area contributed by atoms with Crippen LogP contribution in [0.5, 0.6) is 0 Å². The maximum atomic E-state index is 10.2. The maximum Gasteiger partial charge on any atom is 0.159 e. The number of para-hydroxylation sites is 3. The Morgan fingerprint density at radius 3 is 2.09 bits per heavy atom. The van der Waals surface area contributed by atoms with Crippen molar-refractivity contribution in [2.45, 2.75) is 0 Å². The Morgan fingerprint density at radius 2 is 1.19 bits per heavy atom. The number of benzene rings is 7. The number of aromatic nitrogens is 1. The molecule has 4 nitrogen and oxygen atoms in total. The summed E-state index contributed by atoms with van der Waals surface area (Å²) in [5.74, 6) is 0. The van der Waals surface area contributed by atoms with Crippen LogP contribution in [0.25, 0.3) is 93.6 Å². The van der Waals surface area contributed by atoms with Gasteiger partial charge in [0.15, 0.2) is 11.2 Å². The molecule has 0 bridgehead atoms. The zero-order valence-corrected chi connectivity index (χ0v) is 25.1. The van der Waals surface area contributed by atoms with Crippen LogP contribution >= 0.6 is 0 Å². The van der Waals surface area contributed by atoms with Crippen molar-refractivity contribution in [3.8, 4) is 34.0 Å². The molecule has 0 aliphatic rings. The molecule has 7 aromatic carbocycles. The Labute approximate surface area is 268 Å². The van der Waals surface area contributed by atoms with Gasteiger partial charge < -0.3 is 13.4 Å². The SMILES string of the molecule is N#Cc1ccc(-c2cccc3oc4ccccc4c23)c2c1oc1c(-n3c4ccccc4c4ccc(-c5ccccc5)cc43)cccc12. The molecule has 0 aliphatic heterocycles. The lowest BCUT2D eigenvalue weighted by atomic mass is 9.94. The third-order valence-electron chi connectivity index (χ3n) is 9.46. The van der Waals surface area contributed by atoms with Gasteiger partial charge in [0.2, 0.25) is 0 Å². The summed E-state index contributed by atoms with van der Waals surface area (Å²) < 4.78 is 15.4. The molecule has 0 saturated heterocycles. The van der Waals surface area contributed by atoms with Crippen LogP contribution in [0.15, 0.2) is 154 Å². The fourth-order valence-electron chi connectivity index (χ4n) is 7.42. The van der Waals surface area contributed by atoms with Crippen molar-refractivity contribution in [3.63, 3.8) is 0 Å². The molecule has 0 saturated carbocycles. The van der Waals surface area contributed by atoms with Crippen LogP contribution in [0.4, 0.5) is 0 Å². The van der Waals surface area contributed by atoms with E-state index in [4.69, 9.17) is 8.83 Å². The summed E-state index contributed by atoms with van der Waals surface area (Å²) in [5, 5.41) is 16.6. The van der Waals surface area contributed by atoms with Crippen LogP contribution in [0, 0.1) is 11.3 Å². The van der Waals surface area contributed by atoms with Gasteiger partial charge in [-0.1, -0.05) is 109 Å². The molecule has 10 rings (SSSR count). The zero-order chi connectivity index (χ0) is 31.1. The van der Waals surface area contributed by atoms with Crippen molar-refractivity contribution >= 4 is 65.7 Å². The molecule has 0 atom stereocenters. The van der Waals surface area contributed by atoms with E-state index in [0.717, 1.165) is 77.3 Å². The summed E-state index contributed by atoms with van der Waals surface area (Å²) in [7, 11) is 0. The van der Waals surface area contributed by atoms with Crippen molar-refractivity contribution in [1.82, 2.24) is 4.57 Å². The van der Waals surface area contributed by atoms with Crippen molar-refractivity contribution in [2.24, 2.45) is 0 Å².